The van der Waals surface area contributed by atoms with Gasteiger partial charge in [-0.15, -0.1) is 0 Å². The minimum atomic E-state index is 0.297. The Balaban J connectivity index is 1.06. The molecule has 1 N–H and O–H groups in total. The molecule has 1 heterocycles. The van der Waals surface area contributed by atoms with Gasteiger partial charge in [0.15, 0.2) is 0 Å². The monoisotopic (exact) mass is 448 g/mol. The number of amides is 1. The maximum Gasteiger partial charge on any atom is 0.227 e. The van der Waals surface area contributed by atoms with Gasteiger partial charge < -0.3 is 10.2 Å². The molecule has 2 aromatic rings. The summed E-state index contributed by atoms with van der Waals surface area (Å²) in [7, 11) is 0. The summed E-state index contributed by atoms with van der Waals surface area (Å²) >= 11 is 0. The van der Waals surface area contributed by atoms with Gasteiger partial charge >= 0.3 is 0 Å². The fraction of sp³-hybridized carbons (Fsp3) is 0.633. The van der Waals surface area contributed by atoms with Gasteiger partial charge in [-0.3, -0.25) is 4.79 Å². The normalized spacial score (nSPS) is 18.1. The third-order valence-corrected chi connectivity index (χ3v) is 8.06. The van der Waals surface area contributed by atoms with Gasteiger partial charge in [0, 0.05) is 13.1 Å². The van der Waals surface area contributed by atoms with Crippen LogP contribution >= 0.6 is 0 Å². The smallest absolute Gasteiger partial charge is 0.227 e. The van der Waals surface area contributed by atoms with E-state index in [9.17, 15) is 4.79 Å². The molecule has 0 aromatic heterocycles. The van der Waals surface area contributed by atoms with Crippen LogP contribution < -0.4 is 5.32 Å². The first kappa shape index (κ1) is 24.3. The van der Waals surface area contributed by atoms with Crippen LogP contribution in [0.15, 0.2) is 42.5 Å². The summed E-state index contributed by atoms with van der Waals surface area (Å²) in [5, 5.41) is 6.14. The summed E-state index contributed by atoms with van der Waals surface area (Å²) in [5.74, 6) is 2.06. The van der Waals surface area contributed by atoms with E-state index in [1.807, 2.05) is 0 Å². The van der Waals surface area contributed by atoms with Gasteiger partial charge in [-0.25, -0.2) is 0 Å². The van der Waals surface area contributed by atoms with Crippen LogP contribution in [0.25, 0.3) is 10.8 Å². The molecular weight excluding hydrogens is 404 g/mol. The van der Waals surface area contributed by atoms with Crippen LogP contribution in [0, 0.1) is 11.8 Å². The van der Waals surface area contributed by atoms with Crippen LogP contribution in [0.4, 0.5) is 0 Å². The molecule has 2 fully saturated rings. The molecule has 0 bridgehead atoms. The Morgan fingerprint density at radius 3 is 2.42 bits per heavy atom. The molecule has 4 rings (SSSR count). The summed E-state index contributed by atoms with van der Waals surface area (Å²) in [6, 6.07) is 14.7. The predicted molar refractivity (Wildman–Crippen MR) is 139 cm³/mol. The van der Waals surface area contributed by atoms with Crippen molar-refractivity contribution in [3.8, 4) is 0 Å². The number of likely N-dealkylation sites (tertiary alicyclic amines) is 1. The van der Waals surface area contributed by atoms with Crippen LogP contribution in [0.2, 0.25) is 0 Å². The lowest BCUT2D eigenvalue weighted by Gasteiger charge is -2.32. The van der Waals surface area contributed by atoms with E-state index in [2.05, 4.69) is 52.7 Å². The maximum atomic E-state index is 12.9. The lowest BCUT2D eigenvalue weighted by atomic mass is 9.89. The van der Waals surface area contributed by atoms with Crippen molar-refractivity contribution >= 4 is 16.7 Å². The second-order valence-corrected chi connectivity index (χ2v) is 10.6. The van der Waals surface area contributed by atoms with Crippen LogP contribution in [-0.2, 0) is 11.2 Å². The van der Waals surface area contributed by atoms with Crippen molar-refractivity contribution in [1.29, 1.82) is 0 Å². The third-order valence-electron chi connectivity index (χ3n) is 8.06. The summed E-state index contributed by atoms with van der Waals surface area (Å²) in [5.41, 5.74) is 1.16. The van der Waals surface area contributed by atoms with Crippen molar-refractivity contribution in [2.45, 2.75) is 83.5 Å². The van der Waals surface area contributed by atoms with Crippen molar-refractivity contribution < 1.29 is 4.79 Å². The highest BCUT2D eigenvalue weighted by Gasteiger charge is 2.23. The zero-order chi connectivity index (χ0) is 22.7. The number of benzene rings is 2. The topological polar surface area (TPSA) is 32.3 Å². The summed E-state index contributed by atoms with van der Waals surface area (Å²) in [6.45, 7) is 4.34. The first-order valence-electron chi connectivity index (χ1n) is 13.7. The minimum absolute atomic E-state index is 0.297. The van der Waals surface area contributed by atoms with Crippen molar-refractivity contribution in [1.82, 2.24) is 10.2 Å². The molecule has 1 saturated heterocycles. The van der Waals surface area contributed by atoms with Crippen molar-refractivity contribution in [3.63, 3.8) is 0 Å². The Labute approximate surface area is 201 Å². The molecule has 1 amide bonds. The lowest BCUT2D eigenvalue weighted by Crippen LogP contribution is -2.39. The molecule has 1 saturated carbocycles. The zero-order valence-corrected chi connectivity index (χ0v) is 20.6. The standard InChI is InChI=1S/C30H44N2O/c33-30(23-28-16-10-15-27-14-7-8-17-29(27)28)32-21-18-25(19-22-32)11-4-1-2-9-20-31-24-26-12-5-3-6-13-26/h7-8,10,14-17,25-26,31H,1-6,9,11-13,18-24H2. The van der Waals surface area contributed by atoms with Gasteiger partial charge in [0.25, 0.3) is 0 Å². The number of nitrogens with zero attached hydrogens (tertiary/aromatic N) is 1. The fourth-order valence-electron chi connectivity index (χ4n) is 5.93. The Bertz CT molecular complexity index is 844. The highest BCUT2D eigenvalue weighted by Crippen LogP contribution is 2.25. The summed E-state index contributed by atoms with van der Waals surface area (Å²) < 4.78 is 0. The number of nitrogens with one attached hydrogen (secondary N) is 1. The van der Waals surface area contributed by atoms with E-state index >= 15 is 0 Å². The molecular formula is C30H44N2O. The van der Waals surface area contributed by atoms with Crippen LogP contribution in [0.5, 0.6) is 0 Å². The minimum Gasteiger partial charge on any atom is -0.342 e. The van der Waals surface area contributed by atoms with E-state index in [0.717, 1.165) is 30.5 Å². The average Bonchev–Trinajstić information content (AvgIpc) is 2.87. The SMILES string of the molecule is O=C(Cc1cccc2ccccc12)N1CCC(CCCCCCNCC2CCCCC2)CC1. The van der Waals surface area contributed by atoms with Crippen LogP contribution in [0.3, 0.4) is 0 Å². The van der Waals surface area contributed by atoms with Gasteiger partial charge in [0.1, 0.15) is 0 Å². The molecule has 2 aromatic carbocycles. The molecule has 0 unspecified atom stereocenters. The quantitative estimate of drug-likeness (QED) is 0.386. The molecule has 0 atom stereocenters. The lowest BCUT2D eigenvalue weighted by molar-refractivity contribution is -0.131. The van der Waals surface area contributed by atoms with Crippen molar-refractivity contribution in [2.75, 3.05) is 26.2 Å². The Kier molecular flexibility index (Phi) is 9.65. The molecule has 180 valence electrons. The third kappa shape index (κ3) is 7.57. The van der Waals surface area contributed by atoms with E-state index in [-0.39, 0.29) is 0 Å². The number of carbonyl (C=O) groups is 1. The molecule has 0 spiro atoms. The molecule has 2 aliphatic rings. The first-order valence-corrected chi connectivity index (χ1v) is 13.7. The van der Waals surface area contributed by atoms with Crippen molar-refractivity contribution in [2.24, 2.45) is 11.8 Å². The van der Waals surface area contributed by atoms with Gasteiger partial charge in [-0.2, -0.15) is 0 Å². The molecule has 33 heavy (non-hydrogen) atoms. The van der Waals surface area contributed by atoms with E-state index in [1.165, 1.54) is 101 Å². The van der Waals surface area contributed by atoms with Crippen molar-refractivity contribution in [3.05, 3.63) is 48.0 Å². The van der Waals surface area contributed by atoms with E-state index in [1.54, 1.807) is 0 Å². The van der Waals surface area contributed by atoms with E-state index in [0.29, 0.717) is 12.3 Å². The number of fused-ring (bicyclic) bond motifs is 1. The summed E-state index contributed by atoms with van der Waals surface area (Å²) in [4.78, 5) is 15.0. The Morgan fingerprint density at radius 1 is 0.818 bits per heavy atom. The predicted octanol–water partition coefficient (Wildman–Crippen LogP) is 6.74. The van der Waals surface area contributed by atoms with Gasteiger partial charge in [-0.1, -0.05) is 87.4 Å². The highest BCUT2D eigenvalue weighted by atomic mass is 16.2. The molecule has 0 radical (unpaired) electrons. The average molecular weight is 449 g/mol. The maximum absolute atomic E-state index is 12.9. The van der Waals surface area contributed by atoms with Gasteiger partial charge in [0.2, 0.25) is 5.91 Å². The second-order valence-electron chi connectivity index (χ2n) is 10.6. The number of rotatable bonds is 11. The fourth-order valence-corrected chi connectivity index (χ4v) is 5.93. The first-order chi connectivity index (χ1) is 16.3. The Hall–Kier alpha value is -1.87. The van der Waals surface area contributed by atoms with Crippen LogP contribution in [-0.4, -0.2) is 37.0 Å². The number of piperidine rings is 1. The number of carbonyl (C=O) groups excluding carboxylic acids is 1. The summed E-state index contributed by atoms with van der Waals surface area (Å²) in [6.07, 6.45) is 16.9. The number of hydrogen-bond donors (Lipinski definition) is 1. The van der Waals surface area contributed by atoms with Crippen LogP contribution in [0.1, 0.15) is 82.6 Å². The zero-order valence-electron chi connectivity index (χ0n) is 20.6. The van der Waals surface area contributed by atoms with Gasteiger partial charge in [0.05, 0.1) is 6.42 Å². The van der Waals surface area contributed by atoms with E-state index < -0.39 is 0 Å². The molecule has 1 aliphatic heterocycles. The van der Waals surface area contributed by atoms with Gasteiger partial charge in [-0.05, 0) is 73.4 Å². The number of unbranched alkanes of at least 4 members (excludes halogenated alkanes) is 3. The molecule has 1 aliphatic carbocycles. The Morgan fingerprint density at radius 2 is 1.58 bits per heavy atom. The second kappa shape index (κ2) is 13.1. The number of hydrogen-bond acceptors (Lipinski definition) is 2. The van der Waals surface area contributed by atoms with E-state index in [4.69, 9.17) is 0 Å². The molecule has 3 nitrogen and oxygen atoms in total. The highest BCUT2D eigenvalue weighted by molar-refractivity contribution is 5.90. The largest absolute Gasteiger partial charge is 0.342 e. The molecule has 3 heteroatoms.